The first-order valence-corrected chi connectivity index (χ1v) is 5.27. The van der Waals surface area contributed by atoms with Gasteiger partial charge in [-0.05, 0) is 26.9 Å². The van der Waals surface area contributed by atoms with Crippen LogP contribution in [0.25, 0.3) is 5.78 Å². The summed E-state index contributed by atoms with van der Waals surface area (Å²) in [6, 6.07) is 0. The molecule has 0 aliphatic carbocycles. The van der Waals surface area contributed by atoms with Crippen molar-refractivity contribution in [2.45, 2.75) is 26.2 Å². The number of rotatable bonds is 0. The molecule has 0 radical (unpaired) electrons. The Kier molecular flexibility index (Phi) is 2.10. The highest BCUT2D eigenvalue weighted by molar-refractivity contribution is 9.10. The molecule has 0 unspecified atom stereocenters. The van der Waals surface area contributed by atoms with Gasteiger partial charge in [-0.25, -0.2) is 9.97 Å². The number of halogens is 1. The normalized spacial score (nSPS) is 12.3. The predicted molar refractivity (Wildman–Crippen MR) is 59.4 cm³/mol. The molecule has 2 rings (SSSR count). The van der Waals surface area contributed by atoms with Gasteiger partial charge in [0, 0.05) is 12.4 Å². The van der Waals surface area contributed by atoms with Gasteiger partial charge in [-0.1, -0.05) is 20.8 Å². The van der Waals surface area contributed by atoms with Crippen molar-refractivity contribution in [2.75, 3.05) is 0 Å². The van der Waals surface area contributed by atoms with Gasteiger partial charge in [0.05, 0.1) is 6.20 Å². The topological polar surface area (TPSA) is 30.2 Å². The summed E-state index contributed by atoms with van der Waals surface area (Å²) < 4.78 is 2.88. The van der Waals surface area contributed by atoms with Crippen LogP contribution in [0.4, 0.5) is 0 Å². The molecule has 74 valence electrons. The van der Waals surface area contributed by atoms with Crippen molar-refractivity contribution in [3.63, 3.8) is 0 Å². The molecule has 0 bridgehead atoms. The van der Waals surface area contributed by atoms with Crippen molar-refractivity contribution in [2.24, 2.45) is 0 Å². The summed E-state index contributed by atoms with van der Waals surface area (Å²) >= 11 is 3.43. The molecule has 0 spiro atoms. The van der Waals surface area contributed by atoms with Crippen LogP contribution in [0.3, 0.4) is 0 Å². The number of aromatic nitrogens is 3. The summed E-state index contributed by atoms with van der Waals surface area (Å²) in [5.74, 6) is 0.727. The molecule has 0 saturated carbocycles. The lowest BCUT2D eigenvalue weighted by molar-refractivity contribution is 0.583. The number of hydrogen-bond acceptors (Lipinski definition) is 2. The third kappa shape index (κ3) is 1.54. The zero-order valence-corrected chi connectivity index (χ0v) is 10.0. The zero-order chi connectivity index (χ0) is 10.3. The SMILES string of the molecule is CC(C)(C)c1cnc2ncc(Br)n2c1. The fourth-order valence-electron chi connectivity index (χ4n) is 1.23. The van der Waals surface area contributed by atoms with Crippen LogP contribution in [-0.4, -0.2) is 14.4 Å². The Hall–Kier alpha value is -0.900. The van der Waals surface area contributed by atoms with Crippen LogP contribution in [0.15, 0.2) is 23.2 Å². The highest BCUT2D eigenvalue weighted by Crippen LogP contribution is 2.22. The van der Waals surface area contributed by atoms with E-state index in [9.17, 15) is 0 Å². The van der Waals surface area contributed by atoms with Crippen LogP contribution in [0.2, 0.25) is 0 Å². The minimum Gasteiger partial charge on any atom is -0.278 e. The van der Waals surface area contributed by atoms with E-state index >= 15 is 0 Å². The molecular formula is C10H12BrN3. The number of hydrogen-bond donors (Lipinski definition) is 0. The van der Waals surface area contributed by atoms with Crippen molar-refractivity contribution < 1.29 is 0 Å². The van der Waals surface area contributed by atoms with Crippen LogP contribution >= 0.6 is 15.9 Å². The molecule has 0 atom stereocenters. The third-order valence-electron chi connectivity index (χ3n) is 2.19. The average Bonchev–Trinajstić information content (AvgIpc) is 2.46. The molecule has 0 fully saturated rings. The standard InChI is InChI=1S/C10H12BrN3/c1-10(2,3)7-4-12-9-13-5-8(11)14(9)6-7/h4-6H,1-3H3. The number of fused-ring (bicyclic) bond motifs is 1. The largest absolute Gasteiger partial charge is 0.278 e. The molecule has 0 N–H and O–H groups in total. The van der Waals surface area contributed by atoms with Gasteiger partial charge in [0.2, 0.25) is 5.78 Å². The molecule has 0 aliphatic rings. The second-order valence-corrected chi connectivity index (χ2v) is 5.16. The van der Waals surface area contributed by atoms with Gasteiger partial charge in [0.1, 0.15) is 4.60 Å². The maximum Gasteiger partial charge on any atom is 0.234 e. The molecule has 0 amide bonds. The van der Waals surface area contributed by atoms with Gasteiger partial charge in [-0.3, -0.25) is 4.40 Å². The summed E-state index contributed by atoms with van der Waals surface area (Å²) in [6.45, 7) is 6.50. The molecule has 2 aromatic heterocycles. The highest BCUT2D eigenvalue weighted by atomic mass is 79.9. The summed E-state index contributed by atoms with van der Waals surface area (Å²) in [6.07, 6.45) is 5.71. The second-order valence-electron chi connectivity index (χ2n) is 4.34. The van der Waals surface area contributed by atoms with Crippen molar-refractivity contribution in [3.05, 3.63) is 28.8 Å². The molecule has 4 heteroatoms. The minimum absolute atomic E-state index is 0.116. The van der Waals surface area contributed by atoms with Crippen LogP contribution in [0, 0.1) is 0 Å². The fraction of sp³-hybridized carbons (Fsp3) is 0.400. The smallest absolute Gasteiger partial charge is 0.234 e. The monoisotopic (exact) mass is 253 g/mol. The Labute approximate surface area is 91.3 Å². The maximum absolute atomic E-state index is 4.29. The first-order chi connectivity index (χ1) is 6.48. The first-order valence-electron chi connectivity index (χ1n) is 4.47. The summed E-state index contributed by atoms with van der Waals surface area (Å²) in [7, 11) is 0. The van der Waals surface area contributed by atoms with Crippen molar-refractivity contribution in [3.8, 4) is 0 Å². The van der Waals surface area contributed by atoms with E-state index in [-0.39, 0.29) is 5.41 Å². The van der Waals surface area contributed by atoms with Crippen LogP contribution < -0.4 is 0 Å². The molecular weight excluding hydrogens is 242 g/mol. The van der Waals surface area contributed by atoms with Crippen LogP contribution in [0.5, 0.6) is 0 Å². The second kappa shape index (κ2) is 3.05. The van der Waals surface area contributed by atoms with Gasteiger partial charge in [-0.2, -0.15) is 0 Å². The maximum atomic E-state index is 4.29. The van der Waals surface area contributed by atoms with Crippen molar-refractivity contribution in [1.82, 2.24) is 14.4 Å². The lowest BCUT2D eigenvalue weighted by atomic mass is 9.89. The molecule has 2 aromatic rings. The molecule has 2 heterocycles. The number of nitrogens with zero attached hydrogens (tertiary/aromatic N) is 3. The van der Waals surface area contributed by atoms with E-state index in [2.05, 4.69) is 52.9 Å². The van der Waals surface area contributed by atoms with Crippen LogP contribution in [0.1, 0.15) is 26.3 Å². The van der Waals surface area contributed by atoms with E-state index in [0.717, 1.165) is 10.4 Å². The average molecular weight is 254 g/mol. The van der Waals surface area contributed by atoms with Gasteiger partial charge >= 0.3 is 0 Å². The van der Waals surface area contributed by atoms with Crippen molar-refractivity contribution >= 4 is 21.7 Å². The fourth-order valence-corrected chi connectivity index (χ4v) is 1.60. The Bertz CT molecular complexity index is 468. The van der Waals surface area contributed by atoms with E-state index in [1.165, 1.54) is 5.56 Å². The Morgan fingerprint density at radius 1 is 1.21 bits per heavy atom. The van der Waals surface area contributed by atoms with E-state index < -0.39 is 0 Å². The molecule has 0 aromatic carbocycles. The minimum atomic E-state index is 0.116. The summed E-state index contributed by atoms with van der Waals surface area (Å²) in [4.78, 5) is 8.44. The highest BCUT2D eigenvalue weighted by Gasteiger charge is 2.15. The molecule has 0 saturated heterocycles. The molecule has 0 aliphatic heterocycles. The number of imidazole rings is 1. The van der Waals surface area contributed by atoms with Gasteiger partial charge < -0.3 is 0 Å². The molecule has 14 heavy (non-hydrogen) atoms. The van der Waals surface area contributed by atoms with Gasteiger partial charge in [0.15, 0.2) is 0 Å². The summed E-state index contributed by atoms with van der Waals surface area (Å²) in [5, 5.41) is 0. The van der Waals surface area contributed by atoms with Crippen LogP contribution in [-0.2, 0) is 5.41 Å². The summed E-state index contributed by atoms with van der Waals surface area (Å²) in [5.41, 5.74) is 1.31. The van der Waals surface area contributed by atoms with Gasteiger partial charge in [0.25, 0.3) is 0 Å². The van der Waals surface area contributed by atoms with E-state index in [1.54, 1.807) is 6.20 Å². The predicted octanol–water partition coefficient (Wildman–Crippen LogP) is 2.79. The molecule has 3 nitrogen and oxygen atoms in total. The first kappa shape index (κ1) is 9.65. The lowest BCUT2D eigenvalue weighted by Crippen LogP contribution is -2.12. The zero-order valence-electron chi connectivity index (χ0n) is 8.45. The quantitative estimate of drug-likeness (QED) is 0.723. The Morgan fingerprint density at radius 2 is 1.86 bits per heavy atom. The lowest BCUT2D eigenvalue weighted by Gasteiger charge is -2.18. The van der Waals surface area contributed by atoms with Gasteiger partial charge in [-0.15, -0.1) is 0 Å². The van der Waals surface area contributed by atoms with E-state index in [0.29, 0.717) is 0 Å². The van der Waals surface area contributed by atoms with E-state index in [1.807, 2.05) is 10.6 Å². The van der Waals surface area contributed by atoms with E-state index in [4.69, 9.17) is 0 Å². The van der Waals surface area contributed by atoms with Crippen molar-refractivity contribution in [1.29, 1.82) is 0 Å². The Balaban J connectivity index is 2.66. The third-order valence-corrected chi connectivity index (χ3v) is 2.77. The Morgan fingerprint density at radius 3 is 2.50 bits per heavy atom.